The zero-order valence-electron chi connectivity index (χ0n) is 8.34. The number of hydrogen-bond donors (Lipinski definition) is 1. The van der Waals surface area contributed by atoms with Gasteiger partial charge in [-0.25, -0.2) is 4.39 Å². The molecule has 2 aromatic rings. The highest BCUT2D eigenvalue weighted by atomic mass is 19.1. The van der Waals surface area contributed by atoms with Crippen molar-refractivity contribution in [3.8, 4) is 0 Å². The monoisotopic (exact) mass is 192 g/mol. The van der Waals surface area contributed by atoms with Crippen LogP contribution in [-0.4, -0.2) is 24.0 Å². The number of nitrogens with zero attached hydrogens (tertiary/aromatic N) is 1. The summed E-state index contributed by atoms with van der Waals surface area (Å²) >= 11 is 0. The van der Waals surface area contributed by atoms with E-state index in [2.05, 4.69) is 9.88 Å². The van der Waals surface area contributed by atoms with E-state index in [0.717, 1.165) is 23.0 Å². The molecule has 3 heteroatoms. The van der Waals surface area contributed by atoms with Crippen molar-refractivity contribution in [1.82, 2.24) is 9.88 Å². The van der Waals surface area contributed by atoms with Crippen LogP contribution < -0.4 is 0 Å². The second kappa shape index (κ2) is 3.42. The molecular weight excluding hydrogens is 179 g/mol. The average Bonchev–Trinajstić information content (AvgIpc) is 2.47. The Morgan fingerprint density at radius 2 is 2.14 bits per heavy atom. The van der Waals surface area contributed by atoms with Crippen LogP contribution in [0.5, 0.6) is 0 Å². The molecule has 0 saturated carbocycles. The maximum atomic E-state index is 13.0. The van der Waals surface area contributed by atoms with Crippen LogP contribution in [-0.2, 0) is 6.54 Å². The molecule has 14 heavy (non-hydrogen) atoms. The van der Waals surface area contributed by atoms with Gasteiger partial charge in [0.25, 0.3) is 0 Å². The first-order chi connectivity index (χ1) is 6.66. The number of halogens is 1. The summed E-state index contributed by atoms with van der Waals surface area (Å²) in [5.41, 5.74) is 2.12. The van der Waals surface area contributed by atoms with Gasteiger partial charge in [0, 0.05) is 23.6 Å². The third kappa shape index (κ3) is 1.63. The highest BCUT2D eigenvalue weighted by Crippen LogP contribution is 2.19. The minimum atomic E-state index is -0.183. The van der Waals surface area contributed by atoms with E-state index in [4.69, 9.17) is 0 Å². The smallest absolute Gasteiger partial charge is 0.123 e. The number of aromatic amines is 1. The van der Waals surface area contributed by atoms with Gasteiger partial charge in [0.05, 0.1) is 0 Å². The lowest BCUT2D eigenvalue weighted by Gasteiger charge is -2.07. The normalized spacial score (nSPS) is 11.4. The molecule has 0 spiro atoms. The van der Waals surface area contributed by atoms with E-state index in [0.29, 0.717) is 0 Å². The van der Waals surface area contributed by atoms with Crippen molar-refractivity contribution in [3.05, 3.63) is 35.8 Å². The Labute approximate surface area is 82.3 Å². The van der Waals surface area contributed by atoms with E-state index >= 15 is 0 Å². The van der Waals surface area contributed by atoms with E-state index < -0.39 is 0 Å². The van der Waals surface area contributed by atoms with E-state index in [9.17, 15) is 4.39 Å². The fraction of sp³-hybridized carbons (Fsp3) is 0.273. The Hall–Kier alpha value is -1.35. The first kappa shape index (κ1) is 9.21. The standard InChI is InChI=1S/C11H13FN2/c1-14(2)7-8-6-13-11-4-3-9(12)5-10(8)11/h3-6,13H,7H2,1-2H3. The Balaban J connectivity index is 2.50. The summed E-state index contributed by atoms with van der Waals surface area (Å²) in [6.07, 6.45) is 1.93. The molecule has 2 nitrogen and oxygen atoms in total. The number of hydrogen-bond acceptors (Lipinski definition) is 1. The molecule has 0 amide bonds. The summed E-state index contributed by atoms with van der Waals surface area (Å²) in [6.45, 7) is 0.823. The SMILES string of the molecule is CN(C)Cc1c[nH]c2ccc(F)cc12. The number of H-pyrrole nitrogens is 1. The maximum absolute atomic E-state index is 13.0. The van der Waals surface area contributed by atoms with Crippen molar-refractivity contribution >= 4 is 10.9 Å². The van der Waals surface area contributed by atoms with Gasteiger partial charge in [-0.05, 0) is 37.9 Å². The number of nitrogens with one attached hydrogen (secondary N) is 1. The molecule has 0 atom stereocenters. The Morgan fingerprint density at radius 1 is 1.36 bits per heavy atom. The molecule has 1 aromatic heterocycles. The molecule has 0 bridgehead atoms. The zero-order valence-corrected chi connectivity index (χ0v) is 8.34. The summed E-state index contributed by atoms with van der Waals surface area (Å²) < 4.78 is 13.0. The lowest BCUT2D eigenvalue weighted by Crippen LogP contribution is -2.10. The molecule has 2 rings (SSSR count). The van der Waals surface area contributed by atoms with Crippen molar-refractivity contribution in [2.24, 2.45) is 0 Å². The summed E-state index contributed by atoms with van der Waals surface area (Å²) in [7, 11) is 4.00. The van der Waals surface area contributed by atoms with Crippen LogP contribution in [0.4, 0.5) is 4.39 Å². The highest BCUT2D eigenvalue weighted by molar-refractivity contribution is 5.83. The number of benzene rings is 1. The molecule has 0 radical (unpaired) electrons. The summed E-state index contributed by atoms with van der Waals surface area (Å²) in [4.78, 5) is 5.19. The lowest BCUT2D eigenvalue weighted by atomic mass is 10.1. The first-order valence-electron chi connectivity index (χ1n) is 4.57. The summed E-state index contributed by atoms with van der Waals surface area (Å²) in [6, 6.07) is 4.81. The molecule has 74 valence electrons. The quantitative estimate of drug-likeness (QED) is 0.774. The molecule has 0 aliphatic carbocycles. The van der Waals surface area contributed by atoms with Gasteiger partial charge in [-0.1, -0.05) is 0 Å². The van der Waals surface area contributed by atoms with Gasteiger partial charge in [-0.15, -0.1) is 0 Å². The van der Waals surface area contributed by atoms with Crippen LogP contribution in [0.25, 0.3) is 10.9 Å². The molecule has 1 aromatic carbocycles. The van der Waals surface area contributed by atoms with Gasteiger partial charge in [0.15, 0.2) is 0 Å². The van der Waals surface area contributed by atoms with Gasteiger partial charge < -0.3 is 9.88 Å². The van der Waals surface area contributed by atoms with Gasteiger partial charge in [0.1, 0.15) is 5.82 Å². The maximum Gasteiger partial charge on any atom is 0.123 e. The second-order valence-electron chi connectivity index (χ2n) is 3.74. The minimum absolute atomic E-state index is 0.183. The molecule has 1 N–H and O–H groups in total. The fourth-order valence-electron chi connectivity index (χ4n) is 1.62. The van der Waals surface area contributed by atoms with Crippen LogP contribution in [0.2, 0.25) is 0 Å². The summed E-state index contributed by atoms with van der Waals surface area (Å²) in [5.74, 6) is -0.183. The molecule has 1 heterocycles. The topological polar surface area (TPSA) is 19.0 Å². The van der Waals surface area contributed by atoms with E-state index in [1.165, 1.54) is 6.07 Å². The molecule has 0 fully saturated rings. The molecule has 0 aliphatic rings. The predicted octanol–water partition coefficient (Wildman–Crippen LogP) is 2.37. The van der Waals surface area contributed by atoms with Crippen molar-refractivity contribution < 1.29 is 4.39 Å². The highest BCUT2D eigenvalue weighted by Gasteiger charge is 2.04. The van der Waals surface area contributed by atoms with Crippen LogP contribution in [0.1, 0.15) is 5.56 Å². The van der Waals surface area contributed by atoms with Crippen LogP contribution in [0.3, 0.4) is 0 Å². The van der Waals surface area contributed by atoms with Crippen LogP contribution in [0, 0.1) is 5.82 Å². The predicted molar refractivity (Wildman–Crippen MR) is 55.6 cm³/mol. The van der Waals surface area contributed by atoms with E-state index in [1.54, 1.807) is 12.1 Å². The van der Waals surface area contributed by atoms with Gasteiger partial charge in [0.2, 0.25) is 0 Å². The van der Waals surface area contributed by atoms with Crippen molar-refractivity contribution in [2.45, 2.75) is 6.54 Å². The number of fused-ring (bicyclic) bond motifs is 1. The molecule has 0 aliphatic heterocycles. The molecule has 0 saturated heterocycles. The fourth-order valence-corrected chi connectivity index (χ4v) is 1.62. The zero-order chi connectivity index (χ0) is 10.1. The Bertz CT molecular complexity index is 445. The number of aromatic nitrogens is 1. The Morgan fingerprint density at radius 3 is 2.86 bits per heavy atom. The number of rotatable bonds is 2. The van der Waals surface area contributed by atoms with Gasteiger partial charge in [-0.2, -0.15) is 0 Å². The molecular formula is C11H13FN2. The van der Waals surface area contributed by atoms with Gasteiger partial charge >= 0.3 is 0 Å². The van der Waals surface area contributed by atoms with E-state index in [-0.39, 0.29) is 5.82 Å². The Kier molecular flexibility index (Phi) is 2.25. The van der Waals surface area contributed by atoms with Gasteiger partial charge in [-0.3, -0.25) is 0 Å². The average molecular weight is 192 g/mol. The van der Waals surface area contributed by atoms with Crippen LogP contribution >= 0.6 is 0 Å². The minimum Gasteiger partial charge on any atom is -0.361 e. The third-order valence-electron chi connectivity index (χ3n) is 2.22. The van der Waals surface area contributed by atoms with Crippen molar-refractivity contribution in [1.29, 1.82) is 0 Å². The second-order valence-corrected chi connectivity index (χ2v) is 3.74. The van der Waals surface area contributed by atoms with Crippen molar-refractivity contribution in [3.63, 3.8) is 0 Å². The summed E-state index contributed by atoms with van der Waals surface area (Å²) in [5, 5.41) is 0.971. The van der Waals surface area contributed by atoms with Crippen molar-refractivity contribution in [2.75, 3.05) is 14.1 Å². The molecule has 0 unspecified atom stereocenters. The largest absolute Gasteiger partial charge is 0.361 e. The third-order valence-corrected chi connectivity index (χ3v) is 2.22. The first-order valence-corrected chi connectivity index (χ1v) is 4.57. The lowest BCUT2D eigenvalue weighted by molar-refractivity contribution is 0.404. The van der Waals surface area contributed by atoms with E-state index in [1.807, 2.05) is 20.3 Å². The van der Waals surface area contributed by atoms with Crippen LogP contribution in [0.15, 0.2) is 24.4 Å².